The minimum Gasteiger partial charge on any atom is -0.465 e. The fourth-order valence-electron chi connectivity index (χ4n) is 1.41. The van der Waals surface area contributed by atoms with Crippen LogP contribution in [0.2, 0.25) is 5.02 Å². The molecule has 0 bridgehead atoms. The molecule has 0 unspecified atom stereocenters. The van der Waals surface area contributed by atoms with Crippen molar-refractivity contribution in [1.29, 1.82) is 0 Å². The van der Waals surface area contributed by atoms with Crippen LogP contribution in [0.15, 0.2) is 35.2 Å². The smallest absolute Gasteiger partial charge is 0.343 e. The van der Waals surface area contributed by atoms with Crippen molar-refractivity contribution in [3.05, 3.63) is 45.8 Å². The average molecular weight is 343 g/mol. The van der Waals surface area contributed by atoms with E-state index < -0.39 is 5.97 Å². The fraction of sp³-hybridized carbons (Fsp3) is 0.0833. The molecular formula is C12H9BrClN3O2. The zero-order valence-electron chi connectivity index (χ0n) is 9.85. The van der Waals surface area contributed by atoms with Crippen LogP contribution in [0.1, 0.15) is 10.4 Å². The zero-order chi connectivity index (χ0) is 13.8. The lowest BCUT2D eigenvalue weighted by molar-refractivity contribution is 0.0601. The number of halogens is 2. The summed E-state index contributed by atoms with van der Waals surface area (Å²) < 4.78 is 5.52. The minimum absolute atomic E-state index is 0.240. The summed E-state index contributed by atoms with van der Waals surface area (Å²) in [5.74, 6) is -0.178. The number of anilines is 2. The van der Waals surface area contributed by atoms with E-state index in [2.05, 4.69) is 36.0 Å². The van der Waals surface area contributed by atoms with Gasteiger partial charge in [-0.1, -0.05) is 27.5 Å². The summed E-state index contributed by atoms with van der Waals surface area (Å²) in [6, 6.07) is 5.34. The number of methoxy groups -OCH3 is 1. The Labute approximate surface area is 123 Å². The van der Waals surface area contributed by atoms with Gasteiger partial charge in [-0.2, -0.15) is 0 Å². The first kappa shape index (κ1) is 13.8. The maximum absolute atomic E-state index is 11.6. The van der Waals surface area contributed by atoms with Crippen molar-refractivity contribution in [2.45, 2.75) is 0 Å². The second kappa shape index (κ2) is 5.99. The molecule has 2 aromatic rings. The van der Waals surface area contributed by atoms with E-state index in [1.807, 2.05) is 6.07 Å². The molecule has 0 aliphatic carbocycles. The Bertz CT molecular complexity index is 622. The summed E-state index contributed by atoms with van der Waals surface area (Å²) >= 11 is 9.41. The van der Waals surface area contributed by atoms with E-state index in [9.17, 15) is 4.79 Å². The lowest BCUT2D eigenvalue weighted by atomic mass is 10.2. The molecule has 0 atom stereocenters. The first-order chi connectivity index (χ1) is 9.11. The summed E-state index contributed by atoms with van der Waals surface area (Å²) in [4.78, 5) is 19.4. The number of rotatable bonds is 3. The second-order valence-corrected chi connectivity index (χ2v) is 4.85. The molecule has 1 aromatic heterocycles. The number of carbonyl (C=O) groups is 1. The van der Waals surface area contributed by atoms with E-state index in [1.54, 1.807) is 12.1 Å². The molecule has 7 heteroatoms. The molecule has 0 aliphatic rings. The largest absolute Gasteiger partial charge is 0.465 e. The monoisotopic (exact) mass is 341 g/mol. The summed E-state index contributed by atoms with van der Waals surface area (Å²) in [6.07, 6.45) is 2.72. The van der Waals surface area contributed by atoms with E-state index >= 15 is 0 Å². The SMILES string of the molecule is COC(=O)c1cncnc1Nc1ccc(Br)cc1Cl. The fourth-order valence-corrected chi connectivity index (χ4v) is 2.13. The molecule has 0 saturated carbocycles. The molecular weight excluding hydrogens is 334 g/mol. The third-order valence-electron chi connectivity index (χ3n) is 2.30. The highest BCUT2D eigenvalue weighted by atomic mass is 79.9. The maximum Gasteiger partial charge on any atom is 0.343 e. The van der Waals surface area contributed by atoms with Crippen molar-refractivity contribution in [2.24, 2.45) is 0 Å². The molecule has 1 N–H and O–H groups in total. The molecule has 2 rings (SSSR count). The van der Waals surface area contributed by atoms with Crippen LogP contribution in [-0.2, 0) is 4.74 Å². The normalized spacial score (nSPS) is 10.1. The van der Waals surface area contributed by atoms with Gasteiger partial charge in [-0.25, -0.2) is 14.8 Å². The van der Waals surface area contributed by atoms with Gasteiger partial charge in [-0.15, -0.1) is 0 Å². The van der Waals surface area contributed by atoms with Gasteiger partial charge in [-0.05, 0) is 18.2 Å². The number of nitrogens with one attached hydrogen (secondary N) is 1. The highest BCUT2D eigenvalue weighted by Crippen LogP contribution is 2.28. The van der Waals surface area contributed by atoms with E-state index in [1.165, 1.54) is 19.6 Å². The Balaban J connectivity index is 2.35. The number of aromatic nitrogens is 2. The van der Waals surface area contributed by atoms with Crippen molar-refractivity contribution >= 4 is 45.0 Å². The van der Waals surface area contributed by atoms with Gasteiger partial charge >= 0.3 is 5.97 Å². The highest BCUT2D eigenvalue weighted by Gasteiger charge is 2.14. The van der Waals surface area contributed by atoms with E-state index in [0.717, 1.165) is 4.47 Å². The number of esters is 1. The molecule has 0 spiro atoms. The number of benzene rings is 1. The molecule has 0 radical (unpaired) electrons. The van der Waals surface area contributed by atoms with Crippen molar-refractivity contribution in [3.63, 3.8) is 0 Å². The number of ether oxygens (including phenoxy) is 1. The van der Waals surface area contributed by atoms with Crippen molar-refractivity contribution < 1.29 is 9.53 Å². The van der Waals surface area contributed by atoms with E-state index in [0.29, 0.717) is 16.5 Å². The number of carbonyl (C=O) groups excluding carboxylic acids is 1. The van der Waals surface area contributed by atoms with Gasteiger partial charge in [0.05, 0.1) is 17.8 Å². The molecule has 0 fully saturated rings. The first-order valence-electron chi connectivity index (χ1n) is 5.22. The minimum atomic E-state index is -0.517. The molecule has 1 aromatic carbocycles. The van der Waals surface area contributed by atoms with Crippen LogP contribution < -0.4 is 5.32 Å². The molecule has 0 saturated heterocycles. The summed E-state index contributed by atoms with van der Waals surface area (Å²) in [5.41, 5.74) is 0.873. The van der Waals surface area contributed by atoms with E-state index in [-0.39, 0.29) is 5.56 Å². The Morgan fingerprint density at radius 3 is 2.95 bits per heavy atom. The lowest BCUT2D eigenvalue weighted by Gasteiger charge is -2.10. The molecule has 19 heavy (non-hydrogen) atoms. The van der Waals surface area contributed by atoms with E-state index in [4.69, 9.17) is 11.6 Å². The Morgan fingerprint density at radius 2 is 2.26 bits per heavy atom. The summed E-state index contributed by atoms with van der Waals surface area (Å²) in [5, 5.41) is 3.48. The van der Waals surface area contributed by atoms with Crippen LogP contribution in [-0.4, -0.2) is 23.0 Å². The average Bonchev–Trinajstić information content (AvgIpc) is 2.41. The van der Waals surface area contributed by atoms with Gasteiger partial charge in [0.25, 0.3) is 0 Å². The second-order valence-electron chi connectivity index (χ2n) is 3.53. The number of hydrogen-bond donors (Lipinski definition) is 1. The Kier molecular flexibility index (Phi) is 4.34. The molecule has 0 amide bonds. The quantitative estimate of drug-likeness (QED) is 0.866. The summed E-state index contributed by atoms with van der Waals surface area (Å²) in [6.45, 7) is 0. The van der Waals surface area contributed by atoms with Crippen LogP contribution >= 0.6 is 27.5 Å². The van der Waals surface area contributed by atoms with Crippen LogP contribution in [0.5, 0.6) is 0 Å². The maximum atomic E-state index is 11.6. The van der Waals surface area contributed by atoms with Gasteiger partial charge in [0.1, 0.15) is 17.7 Å². The molecule has 1 heterocycles. The van der Waals surface area contributed by atoms with Crippen LogP contribution in [0, 0.1) is 0 Å². The molecule has 5 nitrogen and oxygen atoms in total. The Hall–Kier alpha value is -1.66. The van der Waals surface area contributed by atoms with Crippen molar-refractivity contribution in [2.75, 3.05) is 12.4 Å². The van der Waals surface area contributed by atoms with Crippen LogP contribution in [0.25, 0.3) is 0 Å². The molecule has 98 valence electrons. The topological polar surface area (TPSA) is 64.1 Å². The first-order valence-corrected chi connectivity index (χ1v) is 6.39. The van der Waals surface area contributed by atoms with Crippen LogP contribution in [0.3, 0.4) is 0 Å². The lowest BCUT2D eigenvalue weighted by Crippen LogP contribution is -2.08. The zero-order valence-corrected chi connectivity index (χ0v) is 12.2. The predicted octanol–water partition coefficient (Wildman–Crippen LogP) is 3.42. The standard InChI is InChI=1S/C12H9BrClN3O2/c1-19-12(18)8-5-15-6-16-11(8)17-10-3-2-7(13)4-9(10)14/h2-6H,1H3,(H,15,16,17). The molecule has 0 aliphatic heterocycles. The Morgan fingerprint density at radius 1 is 1.47 bits per heavy atom. The third kappa shape index (κ3) is 3.21. The van der Waals surface area contributed by atoms with Gasteiger partial charge in [-0.3, -0.25) is 0 Å². The number of nitrogens with zero attached hydrogens (tertiary/aromatic N) is 2. The highest BCUT2D eigenvalue weighted by molar-refractivity contribution is 9.10. The number of hydrogen-bond acceptors (Lipinski definition) is 5. The van der Waals surface area contributed by atoms with Gasteiger partial charge < -0.3 is 10.1 Å². The predicted molar refractivity (Wildman–Crippen MR) is 75.8 cm³/mol. The van der Waals surface area contributed by atoms with Gasteiger partial charge in [0, 0.05) is 10.7 Å². The van der Waals surface area contributed by atoms with Crippen molar-refractivity contribution in [3.8, 4) is 0 Å². The van der Waals surface area contributed by atoms with Gasteiger partial charge in [0.2, 0.25) is 0 Å². The summed E-state index contributed by atoms with van der Waals surface area (Å²) in [7, 11) is 1.30. The van der Waals surface area contributed by atoms with Gasteiger partial charge in [0.15, 0.2) is 0 Å². The third-order valence-corrected chi connectivity index (χ3v) is 3.11. The van der Waals surface area contributed by atoms with Crippen LogP contribution in [0.4, 0.5) is 11.5 Å². The van der Waals surface area contributed by atoms with Crippen molar-refractivity contribution in [1.82, 2.24) is 9.97 Å².